The summed E-state index contributed by atoms with van der Waals surface area (Å²) in [5, 5.41) is 8.03. The number of fused-ring (bicyclic) bond motifs is 5. The Balaban J connectivity index is 1.38. The standard InChI is InChI=1S/C37H26BN/c1-22(2)26-20-24-15-14-23-17-19-32(29-18-16-25(21-26)35(24)36(23)29)39-33-12-6-5-11-31(33)38-30-10-4-3-8-27(30)28-9-7-13-34(39)37(28)38/h3-22H,1-2H3. The average Bonchev–Trinajstić information content (AvgIpc) is 3.32. The van der Waals surface area contributed by atoms with Crippen LogP contribution >= 0.6 is 0 Å². The Morgan fingerprint density at radius 1 is 0.538 bits per heavy atom. The second kappa shape index (κ2) is 7.52. The van der Waals surface area contributed by atoms with Gasteiger partial charge >= 0.3 is 0 Å². The zero-order valence-electron chi connectivity index (χ0n) is 22.1. The van der Waals surface area contributed by atoms with E-state index in [1.54, 1.807) is 0 Å². The maximum atomic E-state index is 2.53. The van der Waals surface area contributed by atoms with Gasteiger partial charge in [0.2, 0.25) is 6.71 Å². The van der Waals surface area contributed by atoms with Crippen LogP contribution in [0.15, 0.2) is 115 Å². The highest BCUT2D eigenvalue weighted by Crippen LogP contribution is 2.46. The summed E-state index contributed by atoms with van der Waals surface area (Å²) in [5.41, 5.74) is 12.2. The molecule has 0 spiro atoms. The molecular weight excluding hydrogens is 469 g/mol. The number of nitrogens with zero attached hydrogens (tertiary/aromatic N) is 1. The van der Waals surface area contributed by atoms with Crippen molar-refractivity contribution in [3.8, 4) is 11.1 Å². The van der Waals surface area contributed by atoms with Crippen molar-refractivity contribution in [2.75, 3.05) is 4.90 Å². The number of hydrogen-bond donors (Lipinski definition) is 0. The summed E-state index contributed by atoms with van der Waals surface area (Å²) in [5.74, 6) is 0.504. The minimum absolute atomic E-state index is 0.272. The molecular formula is C37H26BN. The maximum absolute atomic E-state index is 2.53. The molecule has 0 atom stereocenters. The third-order valence-corrected chi connectivity index (χ3v) is 9.17. The normalized spacial score (nSPS) is 13.5. The number of rotatable bonds is 2. The fraction of sp³-hybridized carbons (Fsp3) is 0.0811. The van der Waals surface area contributed by atoms with Crippen molar-refractivity contribution >= 4 is 72.5 Å². The highest BCUT2D eigenvalue weighted by molar-refractivity contribution is 7.01. The lowest BCUT2D eigenvalue weighted by molar-refractivity contribution is 0.870. The summed E-state index contributed by atoms with van der Waals surface area (Å²) in [6.07, 6.45) is 0. The molecule has 0 aromatic heterocycles. The van der Waals surface area contributed by atoms with E-state index in [4.69, 9.17) is 0 Å². The molecule has 39 heavy (non-hydrogen) atoms. The van der Waals surface area contributed by atoms with Gasteiger partial charge in [0.1, 0.15) is 0 Å². The first-order valence-electron chi connectivity index (χ1n) is 14.0. The van der Waals surface area contributed by atoms with Crippen LogP contribution in [-0.2, 0) is 0 Å². The molecule has 0 aliphatic carbocycles. The van der Waals surface area contributed by atoms with E-state index in [9.17, 15) is 0 Å². The van der Waals surface area contributed by atoms with Gasteiger partial charge in [-0.3, -0.25) is 0 Å². The molecule has 2 heterocycles. The predicted molar refractivity (Wildman–Crippen MR) is 169 cm³/mol. The van der Waals surface area contributed by atoms with Crippen LogP contribution < -0.4 is 21.3 Å². The first kappa shape index (κ1) is 21.4. The molecule has 0 bridgehead atoms. The summed E-state index contributed by atoms with van der Waals surface area (Å²) in [4.78, 5) is 2.53. The molecule has 2 aliphatic heterocycles. The minimum Gasteiger partial charge on any atom is -0.311 e. The van der Waals surface area contributed by atoms with E-state index in [2.05, 4.69) is 134 Å². The lowest BCUT2D eigenvalue weighted by Gasteiger charge is -2.36. The first-order chi connectivity index (χ1) is 19.2. The van der Waals surface area contributed by atoms with Gasteiger partial charge in [-0.2, -0.15) is 0 Å². The molecule has 0 saturated carbocycles. The summed E-state index contributed by atoms with van der Waals surface area (Å²) >= 11 is 0. The van der Waals surface area contributed by atoms with Crippen molar-refractivity contribution in [3.63, 3.8) is 0 Å². The fourth-order valence-electron chi connectivity index (χ4n) is 7.44. The van der Waals surface area contributed by atoms with Crippen molar-refractivity contribution in [2.45, 2.75) is 19.8 Å². The highest BCUT2D eigenvalue weighted by atomic mass is 15.2. The van der Waals surface area contributed by atoms with Gasteiger partial charge in [-0.1, -0.05) is 116 Å². The molecule has 2 heteroatoms. The lowest BCUT2D eigenvalue weighted by Crippen LogP contribution is -2.54. The summed E-state index contributed by atoms with van der Waals surface area (Å²) in [6, 6.07) is 43.6. The Bertz CT molecular complexity index is 2100. The largest absolute Gasteiger partial charge is 0.311 e. The maximum Gasteiger partial charge on any atom is 0.248 e. The van der Waals surface area contributed by atoms with E-state index < -0.39 is 0 Å². The summed E-state index contributed by atoms with van der Waals surface area (Å²) < 4.78 is 0. The zero-order chi connectivity index (χ0) is 25.8. The molecule has 2 aliphatic rings. The number of anilines is 3. The molecule has 0 radical (unpaired) electrons. The van der Waals surface area contributed by atoms with Crippen molar-refractivity contribution in [1.82, 2.24) is 0 Å². The summed E-state index contributed by atoms with van der Waals surface area (Å²) in [7, 11) is 0. The van der Waals surface area contributed by atoms with E-state index in [1.165, 1.54) is 82.5 Å². The topological polar surface area (TPSA) is 3.24 Å². The number of benzene rings is 7. The Labute approximate surface area is 228 Å². The second-order valence-electron chi connectivity index (χ2n) is 11.5. The van der Waals surface area contributed by atoms with Crippen LogP contribution in [-0.4, -0.2) is 6.71 Å². The molecule has 0 unspecified atom stereocenters. The van der Waals surface area contributed by atoms with Gasteiger partial charge in [0.05, 0.1) is 5.69 Å². The van der Waals surface area contributed by atoms with E-state index in [0.717, 1.165) is 0 Å². The van der Waals surface area contributed by atoms with E-state index in [1.807, 2.05) is 0 Å². The third kappa shape index (κ3) is 2.71. The van der Waals surface area contributed by atoms with Gasteiger partial charge in [0, 0.05) is 16.8 Å². The van der Waals surface area contributed by atoms with E-state index >= 15 is 0 Å². The number of hydrogen-bond acceptors (Lipinski definition) is 1. The van der Waals surface area contributed by atoms with Crippen molar-refractivity contribution in [1.29, 1.82) is 0 Å². The van der Waals surface area contributed by atoms with Gasteiger partial charge < -0.3 is 4.90 Å². The fourth-order valence-corrected chi connectivity index (χ4v) is 7.44. The Kier molecular flexibility index (Phi) is 4.12. The predicted octanol–water partition coefficient (Wildman–Crippen LogP) is 7.99. The van der Waals surface area contributed by atoms with Crippen molar-refractivity contribution in [2.24, 2.45) is 0 Å². The van der Waals surface area contributed by atoms with Crippen LogP contribution in [0.4, 0.5) is 17.1 Å². The number of para-hydroxylation sites is 1. The quantitative estimate of drug-likeness (QED) is 0.174. The lowest BCUT2D eigenvalue weighted by atomic mass is 9.37. The zero-order valence-corrected chi connectivity index (χ0v) is 22.1. The van der Waals surface area contributed by atoms with Crippen LogP contribution in [0.1, 0.15) is 25.3 Å². The molecule has 9 rings (SSSR count). The van der Waals surface area contributed by atoms with Crippen LogP contribution in [0, 0.1) is 0 Å². The van der Waals surface area contributed by atoms with Gasteiger partial charge in [-0.05, 0) is 78.7 Å². The van der Waals surface area contributed by atoms with Crippen LogP contribution in [0.5, 0.6) is 0 Å². The average molecular weight is 495 g/mol. The van der Waals surface area contributed by atoms with Gasteiger partial charge in [-0.25, -0.2) is 0 Å². The molecule has 7 aromatic rings. The van der Waals surface area contributed by atoms with Gasteiger partial charge in [0.25, 0.3) is 0 Å². The second-order valence-corrected chi connectivity index (χ2v) is 11.5. The molecule has 0 saturated heterocycles. The molecule has 0 N–H and O–H groups in total. The van der Waals surface area contributed by atoms with Crippen LogP contribution in [0.25, 0.3) is 43.4 Å². The SMILES string of the molecule is CC(C)c1cc2ccc3ccc(N4c5ccccc5B5c6ccccc6-c6cccc4c65)c4ccc(c1)c2c34. The Hall–Kier alpha value is -4.56. The van der Waals surface area contributed by atoms with Crippen molar-refractivity contribution in [3.05, 3.63) is 121 Å². The van der Waals surface area contributed by atoms with Crippen LogP contribution in [0.2, 0.25) is 0 Å². The first-order valence-corrected chi connectivity index (χ1v) is 14.0. The van der Waals surface area contributed by atoms with Gasteiger partial charge in [-0.15, -0.1) is 0 Å². The smallest absolute Gasteiger partial charge is 0.248 e. The van der Waals surface area contributed by atoms with Crippen molar-refractivity contribution < 1.29 is 0 Å². The molecule has 0 amide bonds. The summed E-state index contributed by atoms with van der Waals surface area (Å²) in [6.45, 7) is 4.83. The highest BCUT2D eigenvalue weighted by Gasteiger charge is 2.42. The molecule has 0 fully saturated rings. The molecule has 182 valence electrons. The molecule has 7 aromatic carbocycles. The third-order valence-electron chi connectivity index (χ3n) is 9.17. The molecule has 1 nitrogen and oxygen atoms in total. The van der Waals surface area contributed by atoms with Crippen LogP contribution in [0.3, 0.4) is 0 Å². The minimum atomic E-state index is 0.272. The van der Waals surface area contributed by atoms with E-state index in [-0.39, 0.29) is 6.71 Å². The Morgan fingerprint density at radius 2 is 1.21 bits per heavy atom. The monoisotopic (exact) mass is 495 g/mol. The van der Waals surface area contributed by atoms with Gasteiger partial charge in [0.15, 0.2) is 0 Å². The van der Waals surface area contributed by atoms with E-state index in [0.29, 0.717) is 5.92 Å². The Morgan fingerprint density at radius 3 is 2.05 bits per heavy atom.